The van der Waals surface area contributed by atoms with Gasteiger partial charge in [0.15, 0.2) is 0 Å². The van der Waals surface area contributed by atoms with E-state index in [1.807, 2.05) is 6.07 Å². The molecule has 6 atom stereocenters. The number of carbonyl (C=O) groups is 1. The quantitative estimate of drug-likeness (QED) is 0.508. The van der Waals surface area contributed by atoms with Crippen LogP contribution in [0.1, 0.15) is 71.1 Å². The average molecular weight is 529 g/mol. The number of fused-ring (bicyclic) bond motifs is 1. The lowest BCUT2D eigenvalue weighted by molar-refractivity contribution is -0.118. The van der Waals surface area contributed by atoms with Crippen molar-refractivity contribution in [3.8, 4) is 0 Å². The van der Waals surface area contributed by atoms with Gasteiger partial charge in [-0.05, 0) is 37.9 Å². The molecule has 2 aromatic rings. The second-order valence-corrected chi connectivity index (χ2v) is 12.0. The van der Waals surface area contributed by atoms with Gasteiger partial charge >= 0.3 is 5.69 Å². The van der Waals surface area contributed by atoms with Crippen LogP contribution in [0.15, 0.2) is 47.4 Å². The number of carbonyl (C=O) groups excluding carboxylic acids is 1. The van der Waals surface area contributed by atoms with Gasteiger partial charge in [-0.1, -0.05) is 63.9 Å². The Morgan fingerprint density at radius 1 is 1.27 bits per heavy atom. The highest BCUT2D eigenvalue weighted by atomic mass is 31.2. The Balaban J connectivity index is 1.31. The van der Waals surface area contributed by atoms with E-state index >= 15 is 0 Å². The summed E-state index contributed by atoms with van der Waals surface area (Å²) in [7, 11) is 0.824. The largest absolute Gasteiger partial charge is 0.352 e. The number of nitrogens with zero attached hydrogens (tertiary/aromatic N) is 3. The van der Waals surface area contributed by atoms with Crippen molar-refractivity contribution in [2.45, 2.75) is 89.4 Å². The lowest BCUT2D eigenvalue weighted by Crippen LogP contribution is -2.44. The molecule has 9 nitrogen and oxygen atoms in total. The van der Waals surface area contributed by atoms with Crippen LogP contribution in [0.4, 0.5) is 5.82 Å². The fourth-order valence-corrected chi connectivity index (χ4v) is 7.58. The lowest BCUT2D eigenvalue weighted by atomic mass is 9.76. The maximum absolute atomic E-state index is 12.8. The van der Waals surface area contributed by atoms with Crippen molar-refractivity contribution in [3.63, 3.8) is 0 Å². The number of aromatic nitrogens is 2. The summed E-state index contributed by atoms with van der Waals surface area (Å²) in [6.07, 6.45) is 6.44. The molecule has 3 heterocycles. The number of rotatable bonds is 7. The number of likely N-dealkylation sites (N-methyl/N-ethyl adjacent to an activating group) is 1. The highest BCUT2D eigenvalue weighted by Gasteiger charge is 2.56. The smallest absolute Gasteiger partial charge is 0.351 e. The molecule has 2 aliphatic heterocycles. The standard InChI is InChI=1S/C27H37N4O5P/c1-5-20-21(17-24(34-20)31-16-14-23(29-26(31)33)28-25(32)18(2)3)35-37-30(4)22-13-9-10-15-27(22,36-37)19-11-7-6-8-12-19/h6-8,11-12,14,16,18,20-22,24H,5,9-10,13,15,17H2,1-4H3,(H,28,29,32,33)/t20-,21?,22-,24-,27-,37+/m1/s1. The monoisotopic (exact) mass is 528 g/mol. The van der Waals surface area contributed by atoms with Crippen molar-refractivity contribution in [2.24, 2.45) is 5.92 Å². The molecule has 0 spiro atoms. The first-order chi connectivity index (χ1) is 17.8. The predicted octanol–water partition coefficient (Wildman–Crippen LogP) is 4.95. The third kappa shape index (κ3) is 5.12. The van der Waals surface area contributed by atoms with Gasteiger partial charge in [0.25, 0.3) is 8.53 Å². The van der Waals surface area contributed by atoms with Crippen LogP contribution in [0.5, 0.6) is 0 Å². The lowest BCUT2D eigenvalue weighted by Gasteiger charge is -2.38. The minimum Gasteiger partial charge on any atom is -0.352 e. The molecule has 2 saturated heterocycles. The van der Waals surface area contributed by atoms with Crippen molar-refractivity contribution < 1.29 is 18.6 Å². The van der Waals surface area contributed by atoms with Gasteiger partial charge < -0.3 is 19.1 Å². The summed E-state index contributed by atoms with van der Waals surface area (Å²) < 4.78 is 23.6. The van der Waals surface area contributed by atoms with Gasteiger partial charge in [-0.15, -0.1) is 0 Å². The molecule has 1 saturated carbocycles. The Morgan fingerprint density at radius 2 is 2.05 bits per heavy atom. The zero-order chi connectivity index (χ0) is 26.2. The van der Waals surface area contributed by atoms with Crippen molar-refractivity contribution in [3.05, 3.63) is 58.6 Å². The summed E-state index contributed by atoms with van der Waals surface area (Å²) >= 11 is 0. The third-order valence-corrected chi connectivity index (χ3v) is 9.48. The molecule has 200 valence electrons. The molecule has 0 bridgehead atoms. The van der Waals surface area contributed by atoms with E-state index in [-0.39, 0.29) is 41.5 Å². The first kappa shape index (κ1) is 26.4. The van der Waals surface area contributed by atoms with Crippen LogP contribution in [0.25, 0.3) is 0 Å². The Morgan fingerprint density at radius 3 is 2.76 bits per heavy atom. The number of hydrogen-bond donors (Lipinski definition) is 1. The van der Waals surface area contributed by atoms with E-state index < -0.39 is 20.4 Å². The van der Waals surface area contributed by atoms with Crippen LogP contribution < -0.4 is 11.0 Å². The van der Waals surface area contributed by atoms with Crippen LogP contribution in [-0.2, 0) is 24.2 Å². The molecule has 1 unspecified atom stereocenters. The van der Waals surface area contributed by atoms with E-state index in [0.29, 0.717) is 6.42 Å². The Hall–Kier alpha value is -2.16. The minimum absolute atomic E-state index is 0.160. The second kappa shape index (κ2) is 10.9. The molecule has 3 fully saturated rings. The van der Waals surface area contributed by atoms with Crippen LogP contribution >= 0.6 is 8.53 Å². The summed E-state index contributed by atoms with van der Waals surface area (Å²) in [5.74, 6) is -0.137. The van der Waals surface area contributed by atoms with Gasteiger partial charge in [-0.3, -0.25) is 9.36 Å². The van der Waals surface area contributed by atoms with E-state index in [1.165, 1.54) is 16.6 Å². The van der Waals surface area contributed by atoms with Gasteiger partial charge in [0.2, 0.25) is 5.91 Å². The minimum atomic E-state index is -1.29. The number of nitrogens with one attached hydrogen (secondary N) is 1. The summed E-state index contributed by atoms with van der Waals surface area (Å²) in [5, 5.41) is 2.67. The van der Waals surface area contributed by atoms with Gasteiger partial charge in [-0.2, -0.15) is 4.98 Å². The van der Waals surface area contributed by atoms with Crippen LogP contribution in [0.2, 0.25) is 0 Å². The number of amides is 1. The number of benzene rings is 1. The molecule has 1 N–H and O–H groups in total. The molecule has 5 rings (SSSR count). The first-order valence-corrected chi connectivity index (χ1v) is 14.4. The zero-order valence-corrected chi connectivity index (χ0v) is 22.9. The molecule has 1 amide bonds. The highest BCUT2D eigenvalue weighted by molar-refractivity contribution is 7.44. The van der Waals surface area contributed by atoms with Gasteiger partial charge in [0.05, 0.1) is 18.2 Å². The van der Waals surface area contributed by atoms with Crippen molar-refractivity contribution in [2.75, 3.05) is 12.4 Å². The molecule has 1 aromatic carbocycles. The number of ether oxygens (including phenoxy) is 1. The molecule has 0 radical (unpaired) electrons. The van der Waals surface area contributed by atoms with Crippen LogP contribution in [-0.4, -0.2) is 45.4 Å². The SMILES string of the molecule is CC[C@H]1O[C@@H](n2ccc(NC(=O)C(C)C)nc2=O)CC1O[P@@]1O[C@@]2(c3ccccc3)CCCC[C@H]2N1C. The van der Waals surface area contributed by atoms with Crippen molar-refractivity contribution >= 4 is 20.3 Å². The summed E-state index contributed by atoms with van der Waals surface area (Å²) in [4.78, 5) is 28.8. The maximum atomic E-state index is 12.8. The number of anilines is 1. The molecule has 3 aliphatic rings. The molecule has 10 heteroatoms. The maximum Gasteiger partial charge on any atom is 0.351 e. The Kier molecular flexibility index (Phi) is 7.80. The van der Waals surface area contributed by atoms with Crippen molar-refractivity contribution in [1.29, 1.82) is 0 Å². The zero-order valence-electron chi connectivity index (χ0n) is 22.0. The van der Waals surface area contributed by atoms with Crippen molar-refractivity contribution in [1.82, 2.24) is 14.2 Å². The van der Waals surface area contributed by atoms with E-state index in [9.17, 15) is 9.59 Å². The molecule has 1 aromatic heterocycles. The predicted molar refractivity (Wildman–Crippen MR) is 142 cm³/mol. The summed E-state index contributed by atoms with van der Waals surface area (Å²) in [6.45, 7) is 5.64. The van der Waals surface area contributed by atoms with E-state index in [0.717, 1.165) is 25.7 Å². The van der Waals surface area contributed by atoms with Gasteiger partial charge in [-0.25, -0.2) is 9.46 Å². The highest BCUT2D eigenvalue weighted by Crippen LogP contribution is 2.64. The normalized spacial score (nSPS) is 32.0. The average Bonchev–Trinajstić information content (AvgIpc) is 3.43. The molecule has 1 aliphatic carbocycles. The van der Waals surface area contributed by atoms with Gasteiger partial charge in [0, 0.05) is 18.5 Å². The van der Waals surface area contributed by atoms with E-state index in [1.54, 1.807) is 26.1 Å². The van der Waals surface area contributed by atoms with E-state index in [2.05, 4.69) is 53.2 Å². The van der Waals surface area contributed by atoms with Gasteiger partial charge in [0.1, 0.15) is 17.6 Å². The Labute approximate surface area is 219 Å². The first-order valence-electron chi connectivity index (χ1n) is 13.3. The van der Waals surface area contributed by atoms with Crippen LogP contribution in [0.3, 0.4) is 0 Å². The third-order valence-electron chi connectivity index (χ3n) is 7.75. The summed E-state index contributed by atoms with van der Waals surface area (Å²) in [5.41, 5.74) is 0.406. The van der Waals surface area contributed by atoms with Crippen LogP contribution in [0, 0.1) is 5.92 Å². The fourth-order valence-electron chi connectivity index (χ4n) is 5.68. The molecular weight excluding hydrogens is 491 g/mol. The van der Waals surface area contributed by atoms with E-state index in [4.69, 9.17) is 13.8 Å². The Bertz CT molecular complexity index is 1160. The second-order valence-electron chi connectivity index (χ2n) is 10.5. The molecular formula is C27H37N4O5P. The number of hydrogen-bond acceptors (Lipinski definition) is 7. The molecule has 37 heavy (non-hydrogen) atoms. The topological polar surface area (TPSA) is 94.9 Å². The fraction of sp³-hybridized carbons (Fsp3) is 0.593. The summed E-state index contributed by atoms with van der Waals surface area (Å²) in [6, 6.07) is 12.4.